The van der Waals surface area contributed by atoms with Gasteiger partial charge in [-0.15, -0.1) is 5.10 Å². The van der Waals surface area contributed by atoms with Crippen LogP contribution >= 0.6 is 0 Å². The number of rotatable bonds is 5. The van der Waals surface area contributed by atoms with E-state index >= 15 is 0 Å². The minimum absolute atomic E-state index is 0.169. The Hall–Kier alpha value is -2.90. The predicted molar refractivity (Wildman–Crippen MR) is 70.4 cm³/mol. The third kappa shape index (κ3) is 3.80. The summed E-state index contributed by atoms with van der Waals surface area (Å²) in [5, 5.41) is 21.4. The summed E-state index contributed by atoms with van der Waals surface area (Å²) in [7, 11) is 0. The van der Waals surface area contributed by atoms with Crippen LogP contribution in [0.5, 0.6) is 0 Å². The van der Waals surface area contributed by atoms with Crippen molar-refractivity contribution in [3.63, 3.8) is 0 Å². The van der Waals surface area contributed by atoms with Gasteiger partial charge in [-0.2, -0.15) is 0 Å². The first-order chi connectivity index (χ1) is 9.65. The first kappa shape index (κ1) is 13.5. The molecule has 0 saturated carbocycles. The zero-order valence-corrected chi connectivity index (χ0v) is 10.5. The number of anilines is 1. The van der Waals surface area contributed by atoms with Gasteiger partial charge in [0.15, 0.2) is 0 Å². The second-order valence-corrected chi connectivity index (χ2v) is 3.93. The molecular weight excluding hydrogens is 262 g/mol. The van der Waals surface area contributed by atoms with Crippen LogP contribution in [0.1, 0.15) is 10.4 Å². The van der Waals surface area contributed by atoms with E-state index in [0.717, 1.165) is 0 Å². The predicted octanol–water partition coefficient (Wildman–Crippen LogP) is 0.798. The minimum atomic E-state index is -1.01. The molecule has 8 nitrogen and oxygen atoms in total. The van der Waals surface area contributed by atoms with Crippen LogP contribution in [0.25, 0.3) is 0 Å². The van der Waals surface area contributed by atoms with E-state index in [2.05, 4.69) is 20.9 Å². The number of amides is 2. The Labute approximate surface area is 114 Å². The molecule has 2 amide bonds. The van der Waals surface area contributed by atoms with Gasteiger partial charge >= 0.3 is 12.0 Å². The lowest BCUT2D eigenvalue weighted by atomic mass is 10.2. The van der Waals surface area contributed by atoms with Crippen LogP contribution in [0.2, 0.25) is 0 Å². The van der Waals surface area contributed by atoms with Crippen molar-refractivity contribution >= 4 is 17.7 Å². The average Bonchev–Trinajstić information content (AvgIpc) is 2.92. The van der Waals surface area contributed by atoms with Gasteiger partial charge in [0, 0.05) is 18.4 Å². The lowest BCUT2D eigenvalue weighted by Gasteiger charge is -2.07. The smallest absolute Gasteiger partial charge is 0.335 e. The fourth-order valence-corrected chi connectivity index (χ4v) is 1.51. The highest BCUT2D eigenvalue weighted by Crippen LogP contribution is 2.09. The molecule has 0 fully saturated rings. The number of nitrogens with one attached hydrogen (secondary N) is 2. The van der Waals surface area contributed by atoms with Crippen LogP contribution in [0, 0.1) is 0 Å². The van der Waals surface area contributed by atoms with E-state index in [0.29, 0.717) is 18.8 Å². The average molecular weight is 275 g/mol. The third-order valence-electron chi connectivity index (χ3n) is 2.49. The van der Waals surface area contributed by atoms with Crippen molar-refractivity contribution in [2.24, 2.45) is 0 Å². The van der Waals surface area contributed by atoms with Crippen molar-refractivity contribution < 1.29 is 14.7 Å². The molecule has 0 spiro atoms. The van der Waals surface area contributed by atoms with Crippen LogP contribution in [0.15, 0.2) is 36.7 Å². The van der Waals surface area contributed by atoms with Crippen molar-refractivity contribution in [1.29, 1.82) is 0 Å². The Bertz CT molecular complexity index is 580. The number of carbonyl (C=O) groups is 2. The van der Waals surface area contributed by atoms with Gasteiger partial charge < -0.3 is 15.7 Å². The van der Waals surface area contributed by atoms with Crippen molar-refractivity contribution in [3.05, 3.63) is 42.2 Å². The highest BCUT2D eigenvalue weighted by Gasteiger charge is 2.04. The summed E-state index contributed by atoms with van der Waals surface area (Å²) < 4.78 is 1.60. The highest BCUT2D eigenvalue weighted by atomic mass is 16.4. The quantitative estimate of drug-likeness (QED) is 0.747. The Kier molecular flexibility index (Phi) is 4.28. The van der Waals surface area contributed by atoms with E-state index in [-0.39, 0.29) is 11.6 Å². The molecule has 0 radical (unpaired) electrons. The zero-order valence-electron chi connectivity index (χ0n) is 10.5. The molecule has 2 aromatic rings. The van der Waals surface area contributed by atoms with Crippen molar-refractivity contribution in [3.8, 4) is 0 Å². The first-order valence-corrected chi connectivity index (χ1v) is 5.87. The number of hydrogen-bond donors (Lipinski definition) is 3. The highest BCUT2D eigenvalue weighted by molar-refractivity contribution is 5.91. The summed E-state index contributed by atoms with van der Waals surface area (Å²) in [6.07, 6.45) is 3.26. The maximum absolute atomic E-state index is 11.6. The van der Waals surface area contributed by atoms with E-state index in [9.17, 15) is 9.59 Å². The second kappa shape index (κ2) is 6.32. The molecule has 104 valence electrons. The normalized spacial score (nSPS) is 10.0. The standard InChI is InChI=1S/C12H13N5O3/c18-11(19)9-1-3-10(4-2-9)15-12(20)13-5-7-17-8-6-14-16-17/h1-4,6,8H,5,7H2,(H,18,19)(H2,13,15,20). The largest absolute Gasteiger partial charge is 0.478 e. The van der Waals surface area contributed by atoms with E-state index in [1.807, 2.05) is 0 Å². The number of carboxylic acid groups (broad SMARTS) is 1. The SMILES string of the molecule is O=C(NCCn1ccnn1)Nc1ccc(C(=O)O)cc1. The van der Waals surface area contributed by atoms with Crippen molar-refractivity contribution in [2.75, 3.05) is 11.9 Å². The molecule has 2 rings (SSSR count). The van der Waals surface area contributed by atoms with Crippen LogP contribution < -0.4 is 10.6 Å². The fourth-order valence-electron chi connectivity index (χ4n) is 1.51. The number of carboxylic acids is 1. The van der Waals surface area contributed by atoms with Gasteiger partial charge in [-0.25, -0.2) is 9.59 Å². The Morgan fingerprint density at radius 2 is 2.00 bits per heavy atom. The van der Waals surface area contributed by atoms with Gasteiger partial charge in [-0.1, -0.05) is 5.21 Å². The van der Waals surface area contributed by atoms with Gasteiger partial charge in [-0.3, -0.25) is 4.68 Å². The molecule has 1 heterocycles. The number of carbonyl (C=O) groups excluding carboxylic acids is 1. The van der Waals surface area contributed by atoms with Crippen LogP contribution in [0.3, 0.4) is 0 Å². The Balaban J connectivity index is 1.77. The summed E-state index contributed by atoms with van der Waals surface area (Å²) >= 11 is 0. The van der Waals surface area contributed by atoms with Crippen LogP contribution in [-0.2, 0) is 6.54 Å². The lowest BCUT2D eigenvalue weighted by molar-refractivity contribution is 0.0697. The van der Waals surface area contributed by atoms with Gasteiger partial charge in [0.05, 0.1) is 18.3 Å². The maximum Gasteiger partial charge on any atom is 0.335 e. The van der Waals surface area contributed by atoms with Gasteiger partial charge in [-0.05, 0) is 24.3 Å². The fraction of sp³-hybridized carbons (Fsp3) is 0.167. The number of aromatic carboxylic acids is 1. The van der Waals surface area contributed by atoms with E-state index in [1.54, 1.807) is 17.1 Å². The van der Waals surface area contributed by atoms with Crippen molar-refractivity contribution in [1.82, 2.24) is 20.3 Å². The number of aromatic nitrogens is 3. The molecule has 0 atom stereocenters. The number of hydrogen-bond acceptors (Lipinski definition) is 4. The first-order valence-electron chi connectivity index (χ1n) is 5.87. The van der Waals surface area contributed by atoms with Crippen LogP contribution in [-0.4, -0.2) is 38.6 Å². The molecular formula is C12H13N5O3. The van der Waals surface area contributed by atoms with E-state index in [4.69, 9.17) is 5.11 Å². The molecule has 0 aliphatic carbocycles. The minimum Gasteiger partial charge on any atom is -0.478 e. The summed E-state index contributed by atoms with van der Waals surface area (Å²) in [6.45, 7) is 0.924. The molecule has 1 aromatic heterocycles. The van der Waals surface area contributed by atoms with Crippen molar-refractivity contribution in [2.45, 2.75) is 6.54 Å². The Morgan fingerprint density at radius 3 is 2.60 bits per heavy atom. The number of urea groups is 1. The molecule has 0 aliphatic rings. The summed E-state index contributed by atoms with van der Waals surface area (Å²) in [6, 6.07) is 5.54. The Morgan fingerprint density at radius 1 is 1.25 bits per heavy atom. The summed E-state index contributed by atoms with van der Waals surface area (Å²) in [5.74, 6) is -1.01. The molecule has 0 bridgehead atoms. The number of nitrogens with zero attached hydrogens (tertiary/aromatic N) is 3. The van der Waals surface area contributed by atoms with E-state index in [1.165, 1.54) is 24.3 Å². The maximum atomic E-state index is 11.6. The molecule has 0 unspecified atom stereocenters. The zero-order chi connectivity index (χ0) is 14.4. The summed E-state index contributed by atoms with van der Waals surface area (Å²) in [4.78, 5) is 22.3. The topological polar surface area (TPSA) is 109 Å². The third-order valence-corrected chi connectivity index (χ3v) is 2.49. The molecule has 1 aromatic carbocycles. The van der Waals surface area contributed by atoms with Gasteiger partial charge in [0.1, 0.15) is 0 Å². The number of benzene rings is 1. The molecule has 0 aliphatic heterocycles. The summed E-state index contributed by atoms with van der Waals surface area (Å²) in [5.41, 5.74) is 0.690. The molecule has 20 heavy (non-hydrogen) atoms. The monoisotopic (exact) mass is 275 g/mol. The van der Waals surface area contributed by atoms with Gasteiger partial charge in [0.25, 0.3) is 0 Å². The van der Waals surface area contributed by atoms with E-state index < -0.39 is 5.97 Å². The second-order valence-electron chi connectivity index (χ2n) is 3.93. The molecule has 3 N–H and O–H groups in total. The molecule has 0 saturated heterocycles. The lowest BCUT2D eigenvalue weighted by Crippen LogP contribution is -2.31. The molecule has 8 heteroatoms. The van der Waals surface area contributed by atoms with Crippen LogP contribution in [0.4, 0.5) is 10.5 Å². The van der Waals surface area contributed by atoms with Gasteiger partial charge in [0.2, 0.25) is 0 Å².